The van der Waals surface area contributed by atoms with Gasteiger partial charge >= 0.3 is 5.97 Å². The number of hydrogen-bond donors (Lipinski definition) is 2. The lowest BCUT2D eigenvalue weighted by Gasteiger charge is -1.99. The molecular formula is C18H15N3O3. The van der Waals surface area contributed by atoms with Gasteiger partial charge in [-0.05, 0) is 30.3 Å². The zero-order valence-corrected chi connectivity index (χ0v) is 13.2. The molecule has 0 aliphatic carbocycles. The molecule has 6 heteroatoms. The lowest BCUT2D eigenvalue weighted by atomic mass is 10.1. The maximum Gasteiger partial charge on any atom is 0.335 e. The number of carboxylic acid groups (broad SMARTS) is 1. The van der Waals surface area contributed by atoms with Crippen LogP contribution in [-0.2, 0) is 7.05 Å². The summed E-state index contributed by atoms with van der Waals surface area (Å²) in [5, 5.41) is 11.0. The smallest absolute Gasteiger partial charge is 0.335 e. The Morgan fingerprint density at radius 3 is 2.83 bits per heavy atom. The van der Waals surface area contributed by atoms with E-state index in [0.717, 1.165) is 38.9 Å². The van der Waals surface area contributed by atoms with Gasteiger partial charge in [0.25, 0.3) is 0 Å². The first-order valence-electron chi connectivity index (χ1n) is 7.43. The number of fused-ring (bicyclic) bond motifs is 2. The molecule has 2 N–H and O–H groups in total. The topological polar surface area (TPSA) is 80.1 Å². The maximum absolute atomic E-state index is 11.3. The molecule has 120 valence electrons. The second-order valence-corrected chi connectivity index (χ2v) is 5.65. The minimum Gasteiger partial charge on any atom is -0.496 e. The SMILES string of the molecule is COc1ccnc2[nH]c(-c3cn(C)c4ccc(C(=O)O)cc34)cc12. The summed E-state index contributed by atoms with van der Waals surface area (Å²) < 4.78 is 7.36. The zero-order chi connectivity index (χ0) is 16.8. The Morgan fingerprint density at radius 1 is 1.25 bits per heavy atom. The molecule has 0 aliphatic heterocycles. The van der Waals surface area contributed by atoms with Crippen LogP contribution in [0.1, 0.15) is 10.4 Å². The van der Waals surface area contributed by atoms with E-state index in [2.05, 4.69) is 9.97 Å². The predicted molar refractivity (Wildman–Crippen MR) is 91.5 cm³/mol. The lowest BCUT2D eigenvalue weighted by molar-refractivity contribution is 0.0697. The fourth-order valence-electron chi connectivity index (χ4n) is 3.07. The van der Waals surface area contributed by atoms with Gasteiger partial charge in [0.15, 0.2) is 0 Å². The molecule has 0 atom stereocenters. The lowest BCUT2D eigenvalue weighted by Crippen LogP contribution is -1.95. The quantitative estimate of drug-likeness (QED) is 0.606. The number of aromatic nitrogens is 3. The number of aromatic amines is 1. The highest BCUT2D eigenvalue weighted by Crippen LogP contribution is 2.34. The van der Waals surface area contributed by atoms with E-state index in [1.807, 2.05) is 36.0 Å². The largest absolute Gasteiger partial charge is 0.496 e. The van der Waals surface area contributed by atoms with Crippen LogP contribution in [-0.4, -0.2) is 32.7 Å². The third-order valence-electron chi connectivity index (χ3n) is 4.24. The van der Waals surface area contributed by atoms with E-state index in [9.17, 15) is 9.90 Å². The van der Waals surface area contributed by atoms with Crippen molar-refractivity contribution >= 4 is 27.9 Å². The van der Waals surface area contributed by atoms with Crippen LogP contribution in [0.5, 0.6) is 5.75 Å². The van der Waals surface area contributed by atoms with Gasteiger partial charge in [-0.15, -0.1) is 0 Å². The van der Waals surface area contributed by atoms with Gasteiger partial charge in [0.1, 0.15) is 11.4 Å². The average Bonchev–Trinajstić information content (AvgIpc) is 3.15. The van der Waals surface area contributed by atoms with E-state index in [1.54, 1.807) is 25.4 Å². The molecule has 24 heavy (non-hydrogen) atoms. The monoisotopic (exact) mass is 321 g/mol. The third-order valence-corrected chi connectivity index (χ3v) is 4.24. The minimum absolute atomic E-state index is 0.266. The van der Waals surface area contributed by atoms with Crippen LogP contribution in [0.3, 0.4) is 0 Å². The number of rotatable bonds is 3. The van der Waals surface area contributed by atoms with Crippen molar-refractivity contribution in [2.24, 2.45) is 7.05 Å². The first-order valence-corrected chi connectivity index (χ1v) is 7.43. The second-order valence-electron chi connectivity index (χ2n) is 5.65. The highest BCUT2D eigenvalue weighted by Gasteiger charge is 2.15. The van der Waals surface area contributed by atoms with Crippen LogP contribution in [0.15, 0.2) is 42.7 Å². The van der Waals surface area contributed by atoms with E-state index >= 15 is 0 Å². The molecule has 0 saturated heterocycles. The Morgan fingerprint density at radius 2 is 2.08 bits per heavy atom. The summed E-state index contributed by atoms with van der Waals surface area (Å²) in [6.45, 7) is 0. The van der Waals surface area contributed by atoms with E-state index in [4.69, 9.17) is 4.74 Å². The van der Waals surface area contributed by atoms with Gasteiger partial charge in [-0.25, -0.2) is 9.78 Å². The Kier molecular flexibility index (Phi) is 3.06. The van der Waals surface area contributed by atoms with Gasteiger partial charge in [0, 0.05) is 41.6 Å². The summed E-state index contributed by atoms with van der Waals surface area (Å²) in [5.74, 6) is -0.194. The van der Waals surface area contributed by atoms with Crippen LogP contribution in [0.2, 0.25) is 0 Å². The highest BCUT2D eigenvalue weighted by molar-refractivity contribution is 6.02. The summed E-state index contributed by atoms with van der Waals surface area (Å²) in [4.78, 5) is 18.9. The number of carboxylic acids is 1. The van der Waals surface area contributed by atoms with Crippen molar-refractivity contribution < 1.29 is 14.6 Å². The van der Waals surface area contributed by atoms with Crippen molar-refractivity contribution in [2.45, 2.75) is 0 Å². The number of methoxy groups -OCH3 is 1. The van der Waals surface area contributed by atoms with Crippen molar-refractivity contribution in [3.8, 4) is 17.0 Å². The van der Waals surface area contributed by atoms with Crippen molar-refractivity contribution in [3.63, 3.8) is 0 Å². The van der Waals surface area contributed by atoms with E-state index < -0.39 is 5.97 Å². The number of aromatic carboxylic acids is 1. The molecule has 0 spiro atoms. The summed E-state index contributed by atoms with van der Waals surface area (Å²) in [6.07, 6.45) is 3.67. The Balaban J connectivity index is 1.99. The van der Waals surface area contributed by atoms with Crippen LogP contribution < -0.4 is 4.74 Å². The Hall–Kier alpha value is -3.28. The number of H-pyrrole nitrogens is 1. The number of aryl methyl sites for hydroxylation is 1. The molecule has 4 aromatic rings. The van der Waals surface area contributed by atoms with Gasteiger partial charge in [0.2, 0.25) is 0 Å². The molecule has 4 rings (SSSR count). The van der Waals surface area contributed by atoms with Crippen LogP contribution in [0.25, 0.3) is 33.2 Å². The van der Waals surface area contributed by atoms with Crippen LogP contribution >= 0.6 is 0 Å². The summed E-state index contributed by atoms with van der Waals surface area (Å²) in [7, 11) is 3.56. The molecule has 0 saturated carbocycles. The summed E-state index contributed by atoms with van der Waals surface area (Å²) in [5.41, 5.74) is 3.76. The number of benzene rings is 1. The highest BCUT2D eigenvalue weighted by atomic mass is 16.5. The molecular weight excluding hydrogens is 306 g/mol. The molecule has 0 aliphatic rings. The standard InChI is InChI=1S/C18H15N3O3/c1-21-9-13(11-7-10(18(22)23)3-4-15(11)21)14-8-12-16(24-2)5-6-19-17(12)20-14/h3-9H,1-2H3,(H,19,20)(H,22,23). The van der Waals surface area contributed by atoms with Crippen molar-refractivity contribution in [1.29, 1.82) is 0 Å². The van der Waals surface area contributed by atoms with Gasteiger partial charge in [0.05, 0.1) is 18.1 Å². The van der Waals surface area contributed by atoms with Crippen LogP contribution in [0, 0.1) is 0 Å². The van der Waals surface area contributed by atoms with E-state index in [1.165, 1.54) is 0 Å². The Bertz CT molecular complexity index is 1090. The maximum atomic E-state index is 11.3. The van der Waals surface area contributed by atoms with E-state index in [-0.39, 0.29) is 5.56 Å². The first-order chi connectivity index (χ1) is 11.6. The number of hydrogen-bond acceptors (Lipinski definition) is 3. The molecule has 3 heterocycles. The average molecular weight is 321 g/mol. The molecule has 6 nitrogen and oxygen atoms in total. The number of nitrogens with one attached hydrogen (secondary N) is 1. The van der Waals surface area contributed by atoms with Crippen LogP contribution in [0.4, 0.5) is 0 Å². The zero-order valence-electron chi connectivity index (χ0n) is 13.2. The molecule has 0 fully saturated rings. The van der Waals surface area contributed by atoms with Gasteiger partial charge in [-0.1, -0.05) is 0 Å². The number of nitrogens with zero attached hydrogens (tertiary/aromatic N) is 2. The minimum atomic E-state index is -0.938. The Labute approximate surface area is 137 Å². The molecule has 3 aromatic heterocycles. The fourth-order valence-corrected chi connectivity index (χ4v) is 3.07. The number of ether oxygens (including phenoxy) is 1. The first kappa shape index (κ1) is 14.3. The molecule has 0 unspecified atom stereocenters. The number of pyridine rings is 1. The van der Waals surface area contributed by atoms with Gasteiger partial charge in [-0.3, -0.25) is 0 Å². The number of carbonyl (C=O) groups is 1. The molecule has 0 amide bonds. The van der Waals surface area contributed by atoms with Gasteiger partial charge in [-0.2, -0.15) is 0 Å². The normalized spacial score (nSPS) is 11.2. The predicted octanol–water partition coefficient (Wildman–Crippen LogP) is 3.43. The summed E-state index contributed by atoms with van der Waals surface area (Å²) in [6, 6.07) is 8.92. The third kappa shape index (κ3) is 2.04. The van der Waals surface area contributed by atoms with Crippen molar-refractivity contribution in [3.05, 3.63) is 48.3 Å². The fraction of sp³-hybridized carbons (Fsp3) is 0.111. The van der Waals surface area contributed by atoms with Crippen molar-refractivity contribution in [2.75, 3.05) is 7.11 Å². The molecule has 0 radical (unpaired) electrons. The molecule has 0 bridgehead atoms. The van der Waals surface area contributed by atoms with Gasteiger partial charge < -0.3 is 19.4 Å². The van der Waals surface area contributed by atoms with Crippen molar-refractivity contribution in [1.82, 2.24) is 14.5 Å². The molecule has 1 aromatic carbocycles. The second kappa shape index (κ2) is 5.13. The summed E-state index contributed by atoms with van der Waals surface area (Å²) >= 11 is 0. The van der Waals surface area contributed by atoms with E-state index in [0.29, 0.717) is 0 Å².